The number of hydrogen-bond acceptors (Lipinski definition) is 6. The molecule has 0 radical (unpaired) electrons. The third-order valence-electron chi connectivity index (χ3n) is 3.19. The van der Waals surface area contributed by atoms with E-state index in [0.717, 1.165) is 28.1 Å². The van der Waals surface area contributed by atoms with Crippen molar-refractivity contribution in [1.29, 1.82) is 0 Å². The Hall–Kier alpha value is -2.21. The van der Waals surface area contributed by atoms with Crippen LogP contribution in [0.3, 0.4) is 0 Å². The van der Waals surface area contributed by atoms with E-state index in [0.29, 0.717) is 11.4 Å². The van der Waals surface area contributed by atoms with E-state index in [-0.39, 0.29) is 5.78 Å². The molecule has 0 amide bonds. The summed E-state index contributed by atoms with van der Waals surface area (Å²) in [6.07, 6.45) is 7.21. The Morgan fingerprint density at radius 3 is 3.14 bits per heavy atom. The highest BCUT2D eigenvalue weighted by atomic mass is 32.1. The highest BCUT2D eigenvalue weighted by Gasteiger charge is 2.23. The number of ketones is 1. The predicted molar refractivity (Wildman–Crippen MR) is 87.8 cm³/mol. The second-order valence-electron chi connectivity index (χ2n) is 4.67. The fraction of sp³-hybridized carbons (Fsp3) is 0.267. The van der Waals surface area contributed by atoms with E-state index in [1.54, 1.807) is 17.4 Å². The van der Waals surface area contributed by atoms with Gasteiger partial charge in [-0.05, 0) is 19.9 Å². The molecule has 0 bridgehead atoms. The van der Waals surface area contributed by atoms with E-state index >= 15 is 0 Å². The Morgan fingerprint density at radius 1 is 1.52 bits per heavy atom. The number of nitrogens with zero attached hydrogens (tertiary/aromatic N) is 3. The van der Waals surface area contributed by atoms with Crippen LogP contribution in [0.4, 0.5) is 11.4 Å². The molecule has 1 aliphatic heterocycles. The van der Waals surface area contributed by atoms with Gasteiger partial charge in [-0.25, -0.2) is 9.98 Å². The molecular weight excluding hydrogens is 284 g/mol. The molecular formula is C15H16N4OS. The number of pyridine rings is 1. The highest BCUT2D eigenvalue weighted by Crippen LogP contribution is 2.41. The largest absolute Gasteiger partial charge is 0.385 e. The Labute approximate surface area is 127 Å². The molecule has 0 aliphatic carbocycles. The van der Waals surface area contributed by atoms with E-state index in [9.17, 15) is 4.79 Å². The van der Waals surface area contributed by atoms with Gasteiger partial charge in [-0.3, -0.25) is 4.79 Å². The van der Waals surface area contributed by atoms with Crippen LogP contribution in [0, 0.1) is 0 Å². The maximum atomic E-state index is 12.4. The molecule has 5 nitrogen and oxygen atoms in total. The topological polar surface area (TPSA) is 57.6 Å². The number of carbonyl (C=O) groups excluding carboxylic acids is 1. The standard InChI is InChI=1S/C15H16N4OS/c1-3-7-19-8-11(20)14-13(18-9-19)12-10(16-4-2)5-6-17-15(12)21-14/h3,5-7,9H,4,8H2,1-2H3,(H,16,17)/b7-3+. The van der Waals surface area contributed by atoms with Crippen LogP contribution in [0.25, 0.3) is 10.2 Å². The summed E-state index contributed by atoms with van der Waals surface area (Å²) in [6, 6.07) is 1.92. The molecule has 6 heteroatoms. The quantitative estimate of drug-likeness (QED) is 0.943. The smallest absolute Gasteiger partial charge is 0.194 e. The number of thiophene rings is 1. The lowest BCUT2D eigenvalue weighted by Crippen LogP contribution is -2.21. The average molecular weight is 300 g/mol. The van der Waals surface area contributed by atoms with Crippen molar-refractivity contribution in [2.24, 2.45) is 4.99 Å². The van der Waals surface area contributed by atoms with E-state index in [1.807, 2.05) is 32.2 Å². The fourth-order valence-electron chi connectivity index (χ4n) is 2.35. The third-order valence-corrected chi connectivity index (χ3v) is 4.32. The number of carbonyl (C=O) groups is 1. The second-order valence-corrected chi connectivity index (χ2v) is 5.67. The summed E-state index contributed by atoms with van der Waals surface area (Å²) >= 11 is 1.42. The number of aromatic nitrogens is 1. The number of fused-ring (bicyclic) bond motifs is 3. The van der Waals surface area contributed by atoms with Crippen molar-refractivity contribution in [3.63, 3.8) is 0 Å². The molecule has 2 aromatic rings. The monoisotopic (exact) mass is 300 g/mol. The molecule has 1 N–H and O–H groups in total. The molecule has 3 heterocycles. The van der Waals surface area contributed by atoms with E-state index < -0.39 is 0 Å². The molecule has 108 valence electrons. The molecule has 0 aromatic carbocycles. The molecule has 21 heavy (non-hydrogen) atoms. The van der Waals surface area contributed by atoms with Crippen LogP contribution in [0.5, 0.6) is 0 Å². The van der Waals surface area contributed by atoms with Gasteiger partial charge in [0.05, 0.1) is 24.0 Å². The molecule has 0 saturated carbocycles. The maximum Gasteiger partial charge on any atom is 0.194 e. The fourth-order valence-corrected chi connectivity index (χ4v) is 3.40. The molecule has 1 aliphatic rings. The van der Waals surface area contributed by atoms with Crippen LogP contribution in [-0.4, -0.2) is 35.1 Å². The lowest BCUT2D eigenvalue weighted by molar-refractivity contribution is 0.0982. The van der Waals surface area contributed by atoms with Crippen LogP contribution in [0.1, 0.15) is 23.5 Å². The first-order chi connectivity index (χ1) is 10.2. The minimum absolute atomic E-state index is 0.0750. The number of Topliss-reactive ketones (excluding diaryl/α,β-unsaturated/α-hetero) is 1. The number of aliphatic imine (C=N–C) groups is 1. The Bertz CT molecular complexity index is 747. The van der Waals surface area contributed by atoms with Gasteiger partial charge in [0.2, 0.25) is 0 Å². The van der Waals surface area contributed by atoms with Crippen LogP contribution >= 0.6 is 11.3 Å². The van der Waals surface area contributed by atoms with Gasteiger partial charge in [-0.1, -0.05) is 6.08 Å². The molecule has 3 rings (SSSR count). The number of anilines is 1. The predicted octanol–water partition coefficient (Wildman–Crippen LogP) is 3.42. The Kier molecular flexibility index (Phi) is 3.70. The number of rotatable bonds is 3. The lowest BCUT2D eigenvalue weighted by Gasteiger charge is -2.09. The van der Waals surface area contributed by atoms with Crippen molar-refractivity contribution in [2.75, 3.05) is 18.4 Å². The second kappa shape index (κ2) is 5.65. The van der Waals surface area contributed by atoms with Gasteiger partial charge in [0.25, 0.3) is 0 Å². The van der Waals surface area contributed by atoms with Crippen molar-refractivity contribution in [3.8, 4) is 0 Å². The normalized spacial score (nSPS) is 14.8. The molecule has 0 spiro atoms. The first-order valence-electron chi connectivity index (χ1n) is 6.86. The van der Waals surface area contributed by atoms with Gasteiger partial charge in [-0.2, -0.15) is 0 Å². The van der Waals surface area contributed by atoms with E-state index in [2.05, 4.69) is 15.3 Å². The minimum atomic E-state index is 0.0750. The third kappa shape index (κ3) is 2.42. The van der Waals surface area contributed by atoms with Crippen molar-refractivity contribution < 1.29 is 4.79 Å². The number of allylic oxidation sites excluding steroid dienone is 1. The van der Waals surface area contributed by atoms with Gasteiger partial charge in [-0.15, -0.1) is 11.3 Å². The molecule has 2 aromatic heterocycles. The van der Waals surface area contributed by atoms with Gasteiger partial charge < -0.3 is 10.2 Å². The average Bonchev–Trinajstić information content (AvgIpc) is 2.78. The van der Waals surface area contributed by atoms with Crippen LogP contribution in [0.2, 0.25) is 0 Å². The summed E-state index contributed by atoms with van der Waals surface area (Å²) in [4.78, 5) is 24.7. The van der Waals surface area contributed by atoms with Gasteiger partial charge in [0.1, 0.15) is 9.71 Å². The van der Waals surface area contributed by atoms with Crippen LogP contribution in [0.15, 0.2) is 29.5 Å². The summed E-state index contributed by atoms with van der Waals surface area (Å²) in [6.45, 7) is 5.08. The SMILES string of the molecule is C/C=C/N1C=Nc2c(sc3nccc(NCC)c23)C(=O)C1. The van der Waals surface area contributed by atoms with Crippen molar-refractivity contribution in [3.05, 3.63) is 29.4 Å². The van der Waals surface area contributed by atoms with Gasteiger partial charge >= 0.3 is 0 Å². The van der Waals surface area contributed by atoms with Crippen molar-refractivity contribution >= 4 is 45.0 Å². The first-order valence-corrected chi connectivity index (χ1v) is 7.67. The summed E-state index contributed by atoms with van der Waals surface area (Å²) in [5.74, 6) is 0.0750. The summed E-state index contributed by atoms with van der Waals surface area (Å²) in [5.41, 5.74) is 1.71. The number of nitrogens with one attached hydrogen (secondary N) is 1. The summed E-state index contributed by atoms with van der Waals surface area (Å²) in [7, 11) is 0. The summed E-state index contributed by atoms with van der Waals surface area (Å²) in [5, 5.41) is 4.25. The van der Waals surface area contributed by atoms with E-state index in [4.69, 9.17) is 0 Å². The molecule has 0 unspecified atom stereocenters. The minimum Gasteiger partial charge on any atom is -0.385 e. The van der Waals surface area contributed by atoms with Crippen molar-refractivity contribution in [2.45, 2.75) is 13.8 Å². The molecule has 0 fully saturated rings. The van der Waals surface area contributed by atoms with Crippen LogP contribution < -0.4 is 5.32 Å². The highest BCUT2D eigenvalue weighted by molar-refractivity contribution is 7.21. The van der Waals surface area contributed by atoms with Crippen molar-refractivity contribution in [1.82, 2.24) is 9.88 Å². The zero-order valence-electron chi connectivity index (χ0n) is 12.0. The maximum absolute atomic E-state index is 12.4. The molecule has 0 saturated heterocycles. The van der Waals surface area contributed by atoms with Gasteiger partial charge in [0.15, 0.2) is 5.78 Å². The summed E-state index contributed by atoms with van der Waals surface area (Å²) < 4.78 is 0. The lowest BCUT2D eigenvalue weighted by atomic mass is 10.2. The number of hydrogen-bond donors (Lipinski definition) is 1. The van der Waals surface area contributed by atoms with Crippen LogP contribution in [-0.2, 0) is 0 Å². The zero-order valence-corrected chi connectivity index (χ0v) is 12.8. The first kappa shape index (κ1) is 13.8. The van der Waals surface area contributed by atoms with E-state index in [1.165, 1.54) is 11.3 Å². The Balaban J connectivity index is 2.19. The Morgan fingerprint density at radius 2 is 2.38 bits per heavy atom. The molecule has 0 atom stereocenters. The van der Waals surface area contributed by atoms with Gasteiger partial charge in [0, 0.05) is 24.6 Å². The zero-order chi connectivity index (χ0) is 14.8.